The number of hydrogen-bond acceptors (Lipinski definition) is 3. The Balaban J connectivity index is 3.06. The van der Waals surface area contributed by atoms with E-state index in [1.807, 2.05) is 0 Å². The standard InChI is InChI=1S/C9H8Cl2O3S/c1-15(13,14)7-4-2-6(3-5-7)8(12)9(10)11/h2-5,9H,1H3. The van der Waals surface area contributed by atoms with Crippen molar-refractivity contribution in [3.63, 3.8) is 0 Å². The predicted molar refractivity (Wildman–Crippen MR) is 59.4 cm³/mol. The Morgan fingerprint density at radius 1 is 1.20 bits per heavy atom. The number of hydrogen-bond donors (Lipinski definition) is 0. The number of alkyl halides is 2. The molecule has 0 aromatic heterocycles. The molecule has 0 radical (unpaired) electrons. The third-order valence-electron chi connectivity index (χ3n) is 1.77. The number of carbonyl (C=O) groups excluding carboxylic acids is 1. The Hall–Kier alpha value is -0.580. The summed E-state index contributed by atoms with van der Waals surface area (Å²) < 4.78 is 22.2. The zero-order valence-electron chi connectivity index (χ0n) is 7.78. The molecule has 82 valence electrons. The number of rotatable bonds is 3. The Labute approximate surface area is 97.9 Å². The van der Waals surface area contributed by atoms with Crippen molar-refractivity contribution in [3.05, 3.63) is 29.8 Å². The van der Waals surface area contributed by atoms with Crippen molar-refractivity contribution in [1.82, 2.24) is 0 Å². The molecule has 0 saturated heterocycles. The van der Waals surface area contributed by atoms with Gasteiger partial charge in [0, 0.05) is 11.8 Å². The predicted octanol–water partition coefficient (Wildman–Crippen LogP) is 2.08. The number of sulfone groups is 1. The van der Waals surface area contributed by atoms with Crippen LogP contribution in [0.4, 0.5) is 0 Å². The van der Waals surface area contributed by atoms with Crippen LogP contribution in [0, 0.1) is 0 Å². The molecule has 0 saturated carbocycles. The smallest absolute Gasteiger partial charge is 0.195 e. The van der Waals surface area contributed by atoms with Crippen LogP contribution in [0.2, 0.25) is 0 Å². The first-order valence-corrected chi connectivity index (χ1v) is 6.71. The van der Waals surface area contributed by atoms with Crippen LogP contribution in [0.5, 0.6) is 0 Å². The molecule has 0 heterocycles. The van der Waals surface area contributed by atoms with Crippen LogP contribution < -0.4 is 0 Å². The van der Waals surface area contributed by atoms with E-state index < -0.39 is 20.5 Å². The van der Waals surface area contributed by atoms with Gasteiger partial charge in [0.1, 0.15) is 0 Å². The Morgan fingerprint density at radius 2 is 1.67 bits per heavy atom. The van der Waals surface area contributed by atoms with Gasteiger partial charge in [0.15, 0.2) is 20.5 Å². The average Bonchev–Trinajstić information content (AvgIpc) is 2.15. The van der Waals surface area contributed by atoms with Crippen LogP contribution >= 0.6 is 23.2 Å². The van der Waals surface area contributed by atoms with Gasteiger partial charge in [-0.2, -0.15) is 0 Å². The van der Waals surface area contributed by atoms with Crippen molar-refractivity contribution in [3.8, 4) is 0 Å². The van der Waals surface area contributed by atoms with E-state index in [9.17, 15) is 13.2 Å². The molecule has 0 N–H and O–H groups in total. The summed E-state index contributed by atoms with van der Waals surface area (Å²) >= 11 is 10.8. The minimum atomic E-state index is -3.24. The first kappa shape index (κ1) is 12.5. The zero-order chi connectivity index (χ0) is 11.6. The highest BCUT2D eigenvalue weighted by Crippen LogP contribution is 2.15. The summed E-state index contributed by atoms with van der Waals surface area (Å²) in [5.41, 5.74) is 0.289. The van der Waals surface area contributed by atoms with E-state index in [1.54, 1.807) is 0 Å². The molecule has 0 aliphatic rings. The van der Waals surface area contributed by atoms with E-state index in [0.717, 1.165) is 6.26 Å². The summed E-state index contributed by atoms with van der Waals surface area (Å²) in [4.78, 5) is 10.3. The molecular formula is C9H8Cl2O3S. The molecule has 6 heteroatoms. The second-order valence-corrected chi connectivity index (χ2v) is 6.07. The maximum Gasteiger partial charge on any atom is 0.195 e. The van der Waals surface area contributed by atoms with Gasteiger partial charge in [-0.25, -0.2) is 8.42 Å². The van der Waals surface area contributed by atoms with Crippen LogP contribution in [-0.4, -0.2) is 25.3 Å². The summed E-state index contributed by atoms with van der Waals surface area (Å²) in [6.07, 6.45) is 1.09. The third-order valence-corrected chi connectivity index (χ3v) is 3.29. The van der Waals surface area contributed by atoms with E-state index in [2.05, 4.69) is 0 Å². The van der Waals surface area contributed by atoms with E-state index in [-0.39, 0.29) is 10.5 Å². The first-order valence-electron chi connectivity index (χ1n) is 3.95. The maximum atomic E-state index is 11.3. The Kier molecular flexibility index (Phi) is 3.76. The largest absolute Gasteiger partial charge is 0.291 e. The van der Waals surface area contributed by atoms with Crippen LogP contribution in [0.15, 0.2) is 29.2 Å². The molecule has 0 aliphatic carbocycles. The van der Waals surface area contributed by atoms with Crippen molar-refractivity contribution in [1.29, 1.82) is 0 Å². The van der Waals surface area contributed by atoms with Gasteiger partial charge in [-0.1, -0.05) is 35.3 Å². The van der Waals surface area contributed by atoms with Crippen molar-refractivity contribution in [2.24, 2.45) is 0 Å². The summed E-state index contributed by atoms with van der Waals surface area (Å²) in [5.74, 6) is -0.446. The minimum Gasteiger partial charge on any atom is -0.291 e. The van der Waals surface area contributed by atoms with Gasteiger partial charge in [-0.05, 0) is 12.1 Å². The van der Waals surface area contributed by atoms with Crippen LogP contribution in [0.3, 0.4) is 0 Å². The number of carbonyl (C=O) groups is 1. The van der Waals surface area contributed by atoms with E-state index in [0.29, 0.717) is 0 Å². The van der Waals surface area contributed by atoms with Gasteiger partial charge in [-0.3, -0.25) is 4.79 Å². The van der Waals surface area contributed by atoms with Crippen LogP contribution in [-0.2, 0) is 9.84 Å². The normalized spacial score (nSPS) is 11.7. The van der Waals surface area contributed by atoms with Crippen molar-refractivity contribution >= 4 is 38.8 Å². The summed E-state index contributed by atoms with van der Waals surface area (Å²) in [6, 6.07) is 5.46. The fourth-order valence-electron chi connectivity index (χ4n) is 0.992. The van der Waals surface area contributed by atoms with Gasteiger partial charge >= 0.3 is 0 Å². The molecule has 1 aromatic rings. The van der Waals surface area contributed by atoms with Gasteiger partial charge in [0.2, 0.25) is 0 Å². The minimum absolute atomic E-state index is 0.153. The molecule has 0 aliphatic heterocycles. The van der Waals surface area contributed by atoms with Gasteiger partial charge < -0.3 is 0 Å². The summed E-state index contributed by atoms with van der Waals surface area (Å²) in [7, 11) is -3.24. The summed E-state index contributed by atoms with van der Waals surface area (Å²) in [6.45, 7) is 0. The SMILES string of the molecule is CS(=O)(=O)c1ccc(C(=O)C(Cl)Cl)cc1. The number of benzene rings is 1. The zero-order valence-corrected chi connectivity index (χ0v) is 10.1. The maximum absolute atomic E-state index is 11.3. The highest BCUT2D eigenvalue weighted by atomic mass is 35.5. The second kappa shape index (κ2) is 4.51. The monoisotopic (exact) mass is 266 g/mol. The third kappa shape index (κ3) is 3.19. The lowest BCUT2D eigenvalue weighted by molar-refractivity contribution is 0.101. The highest BCUT2D eigenvalue weighted by Gasteiger charge is 2.15. The second-order valence-electron chi connectivity index (χ2n) is 2.96. The van der Waals surface area contributed by atoms with Crippen LogP contribution in [0.25, 0.3) is 0 Å². The van der Waals surface area contributed by atoms with Gasteiger partial charge in [0.25, 0.3) is 0 Å². The lowest BCUT2D eigenvalue weighted by Crippen LogP contribution is -2.08. The molecule has 0 unspecified atom stereocenters. The van der Waals surface area contributed by atoms with Gasteiger partial charge in [-0.15, -0.1) is 0 Å². The molecule has 0 amide bonds. The number of halogens is 2. The highest BCUT2D eigenvalue weighted by molar-refractivity contribution is 7.90. The van der Waals surface area contributed by atoms with Crippen molar-refractivity contribution in [2.75, 3.05) is 6.26 Å². The van der Waals surface area contributed by atoms with Gasteiger partial charge in [0.05, 0.1) is 4.90 Å². The quantitative estimate of drug-likeness (QED) is 0.622. The molecule has 1 rings (SSSR count). The molecule has 0 spiro atoms. The molecule has 0 atom stereocenters. The molecule has 0 fully saturated rings. The fourth-order valence-corrected chi connectivity index (χ4v) is 1.87. The van der Waals surface area contributed by atoms with Crippen molar-refractivity contribution in [2.45, 2.75) is 9.73 Å². The molecule has 1 aromatic carbocycles. The average molecular weight is 267 g/mol. The lowest BCUT2D eigenvalue weighted by atomic mass is 10.1. The lowest BCUT2D eigenvalue weighted by Gasteiger charge is -2.02. The van der Waals surface area contributed by atoms with Crippen molar-refractivity contribution < 1.29 is 13.2 Å². The number of ketones is 1. The first-order chi connectivity index (χ1) is 6.82. The van der Waals surface area contributed by atoms with E-state index >= 15 is 0 Å². The molecular weight excluding hydrogens is 259 g/mol. The van der Waals surface area contributed by atoms with E-state index in [1.165, 1.54) is 24.3 Å². The van der Waals surface area contributed by atoms with E-state index in [4.69, 9.17) is 23.2 Å². The molecule has 3 nitrogen and oxygen atoms in total. The Morgan fingerprint density at radius 3 is 2.00 bits per heavy atom. The topological polar surface area (TPSA) is 51.2 Å². The molecule has 0 bridgehead atoms. The number of Topliss-reactive ketones (excluding diaryl/α,β-unsaturated/α-hetero) is 1. The van der Waals surface area contributed by atoms with Crippen LogP contribution in [0.1, 0.15) is 10.4 Å². The Bertz CT molecular complexity index is 463. The fraction of sp³-hybridized carbons (Fsp3) is 0.222. The summed E-state index contributed by atoms with van der Waals surface area (Å²) in [5, 5.41) is 0. The molecule has 15 heavy (non-hydrogen) atoms.